The van der Waals surface area contributed by atoms with Crippen molar-refractivity contribution in [2.45, 2.75) is 25.0 Å². The zero-order valence-corrected chi connectivity index (χ0v) is 16.9. The highest BCUT2D eigenvalue weighted by Gasteiger charge is 2.40. The molecule has 3 aromatic carbocycles. The van der Waals surface area contributed by atoms with Crippen molar-refractivity contribution in [1.29, 1.82) is 0 Å². The Morgan fingerprint density at radius 3 is 2.79 bits per heavy atom. The molecule has 0 aliphatic carbocycles. The van der Waals surface area contributed by atoms with E-state index in [2.05, 4.69) is 69.8 Å². The second kappa shape index (κ2) is 6.36. The molecule has 4 heteroatoms. The Hall–Kier alpha value is -2.30. The average Bonchev–Trinajstić information content (AvgIpc) is 3.11. The average molecular weight is 434 g/mol. The summed E-state index contributed by atoms with van der Waals surface area (Å²) < 4.78 is 13.4. The van der Waals surface area contributed by atoms with E-state index in [4.69, 9.17) is 9.15 Å². The van der Waals surface area contributed by atoms with Crippen molar-refractivity contribution in [2.75, 3.05) is 11.9 Å². The van der Waals surface area contributed by atoms with Crippen molar-refractivity contribution in [1.82, 2.24) is 0 Å². The van der Waals surface area contributed by atoms with Crippen molar-refractivity contribution in [3.8, 4) is 0 Å². The molecule has 1 aromatic heterocycles. The van der Waals surface area contributed by atoms with Crippen molar-refractivity contribution in [3.05, 3.63) is 76.3 Å². The molecule has 0 spiro atoms. The van der Waals surface area contributed by atoms with Crippen LogP contribution in [0.2, 0.25) is 0 Å². The van der Waals surface area contributed by atoms with Gasteiger partial charge < -0.3 is 14.5 Å². The highest BCUT2D eigenvalue weighted by molar-refractivity contribution is 9.10. The normalized spacial score (nSPS) is 24.0. The van der Waals surface area contributed by atoms with Crippen molar-refractivity contribution < 1.29 is 9.15 Å². The van der Waals surface area contributed by atoms with Crippen LogP contribution in [0.15, 0.2) is 69.6 Å². The van der Waals surface area contributed by atoms with Crippen LogP contribution in [0.4, 0.5) is 5.69 Å². The number of hydrogen-bond acceptors (Lipinski definition) is 3. The Kier molecular flexibility index (Phi) is 3.78. The van der Waals surface area contributed by atoms with Crippen molar-refractivity contribution in [2.24, 2.45) is 5.92 Å². The minimum atomic E-state index is 0.143. The Morgan fingerprint density at radius 2 is 1.82 bits per heavy atom. The van der Waals surface area contributed by atoms with Crippen LogP contribution in [0.5, 0.6) is 0 Å². The number of anilines is 1. The van der Waals surface area contributed by atoms with Crippen LogP contribution < -0.4 is 5.32 Å². The molecule has 140 valence electrons. The topological polar surface area (TPSA) is 34.4 Å². The van der Waals surface area contributed by atoms with Gasteiger partial charge in [0.25, 0.3) is 0 Å². The molecular formula is C24H20BrNO2. The minimum absolute atomic E-state index is 0.143. The van der Waals surface area contributed by atoms with E-state index in [1.807, 2.05) is 12.1 Å². The van der Waals surface area contributed by atoms with Gasteiger partial charge in [-0.25, -0.2) is 0 Å². The third-order valence-electron chi connectivity index (χ3n) is 6.19. The van der Waals surface area contributed by atoms with Crippen LogP contribution in [0, 0.1) is 5.92 Å². The molecule has 4 aromatic rings. The van der Waals surface area contributed by atoms with Gasteiger partial charge in [-0.3, -0.25) is 0 Å². The molecule has 3 atom stereocenters. The number of ether oxygens (including phenoxy) is 1. The molecule has 0 saturated carbocycles. The molecule has 2 aliphatic rings. The van der Waals surface area contributed by atoms with E-state index in [1.165, 1.54) is 34.0 Å². The predicted octanol–water partition coefficient (Wildman–Crippen LogP) is 6.98. The maximum absolute atomic E-state index is 6.28. The first-order chi connectivity index (χ1) is 13.8. The Bertz CT molecular complexity index is 1200. The van der Waals surface area contributed by atoms with Crippen LogP contribution in [-0.4, -0.2) is 6.61 Å². The number of rotatable bonds is 1. The van der Waals surface area contributed by atoms with Gasteiger partial charge in [-0.05, 0) is 54.8 Å². The summed E-state index contributed by atoms with van der Waals surface area (Å²) in [7, 11) is 0. The second-order valence-corrected chi connectivity index (χ2v) is 8.72. The first-order valence-electron chi connectivity index (χ1n) is 9.87. The molecule has 2 aliphatic heterocycles. The summed E-state index contributed by atoms with van der Waals surface area (Å²) in [5.41, 5.74) is 5.63. The monoisotopic (exact) mass is 433 g/mol. The van der Waals surface area contributed by atoms with Crippen LogP contribution in [0.3, 0.4) is 0 Å². The zero-order valence-electron chi connectivity index (χ0n) is 15.3. The van der Waals surface area contributed by atoms with E-state index >= 15 is 0 Å². The molecule has 3 nitrogen and oxygen atoms in total. The highest BCUT2D eigenvalue weighted by Crippen LogP contribution is 2.50. The molecule has 3 heterocycles. The number of fused-ring (bicyclic) bond motifs is 6. The van der Waals surface area contributed by atoms with E-state index in [0.29, 0.717) is 5.92 Å². The minimum Gasteiger partial charge on any atom is -0.456 e. The highest BCUT2D eigenvalue weighted by atomic mass is 79.9. The fourth-order valence-corrected chi connectivity index (χ4v) is 5.29. The summed E-state index contributed by atoms with van der Waals surface area (Å²) in [4.78, 5) is 0. The van der Waals surface area contributed by atoms with Gasteiger partial charge in [0, 0.05) is 39.0 Å². The first kappa shape index (κ1) is 16.6. The van der Waals surface area contributed by atoms with Gasteiger partial charge in [-0.15, -0.1) is 0 Å². The lowest BCUT2D eigenvalue weighted by Crippen LogP contribution is -2.36. The fourth-order valence-electron chi connectivity index (χ4n) is 4.91. The molecule has 1 saturated heterocycles. The Labute approximate surface area is 171 Å². The van der Waals surface area contributed by atoms with E-state index in [-0.39, 0.29) is 12.1 Å². The lowest BCUT2D eigenvalue weighted by Gasteiger charge is -2.43. The number of halogens is 1. The van der Waals surface area contributed by atoms with Crippen LogP contribution in [-0.2, 0) is 4.74 Å². The molecule has 28 heavy (non-hydrogen) atoms. The number of hydrogen-bond donors (Lipinski definition) is 1. The SMILES string of the molecule is Brc1ccc2c(c1)[C@@H]1OCCC[C@@H]1[C@@H](c1ccc3oc4ccccc4c3c1)N2. The van der Waals surface area contributed by atoms with Gasteiger partial charge in [-0.2, -0.15) is 0 Å². The number of para-hydroxylation sites is 1. The van der Waals surface area contributed by atoms with Gasteiger partial charge in [0.05, 0.1) is 12.1 Å². The molecule has 6 rings (SSSR count). The third kappa shape index (κ3) is 2.51. The Balaban J connectivity index is 1.49. The number of furan rings is 1. The number of benzene rings is 3. The number of nitrogens with one attached hydrogen (secondary N) is 1. The summed E-state index contributed by atoms with van der Waals surface area (Å²) in [6.45, 7) is 0.839. The lowest BCUT2D eigenvalue weighted by atomic mass is 9.77. The molecule has 0 unspecified atom stereocenters. The summed E-state index contributed by atoms with van der Waals surface area (Å²) in [6.07, 6.45) is 2.42. The van der Waals surface area contributed by atoms with Gasteiger partial charge >= 0.3 is 0 Å². The third-order valence-corrected chi connectivity index (χ3v) is 6.68. The summed E-state index contributed by atoms with van der Waals surface area (Å²) >= 11 is 3.62. The van der Waals surface area contributed by atoms with E-state index in [0.717, 1.165) is 28.7 Å². The first-order valence-corrected chi connectivity index (χ1v) is 10.7. The smallest absolute Gasteiger partial charge is 0.135 e. The fraction of sp³-hybridized carbons (Fsp3) is 0.250. The maximum atomic E-state index is 6.28. The van der Waals surface area contributed by atoms with Crippen molar-refractivity contribution >= 4 is 43.6 Å². The van der Waals surface area contributed by atoms with Gasteiger partial charge in [-0.1, -0.05) is 40.2 Å². The Morgan fingerprint density at radius 1 is 0.929 bits per heavy atom. The molecule has 0 radical (unpaired) electrons. The van der Waals surface area contributed by atoms with E-state index < -0.39 is 0 Å². The van der Waals surface area contributed by atoms with Gasteiger partial charge in [0.1, 0.15) is 11.2 Å². The van der Waals surface area contributed by atoms with Crippen LogP contribution in [0.1, 0.15) is 36.1 Å². The van der Waals surface area contributed by atoms with Gasteiger partial charge in [0.15, 0.2) is 0 Å². The summed E-state index contributed by atoms with van der Waals surface area (Å²) in [5, 5.41) is 6.17. The van der Waals surface area contributed by atoms with Crippen LogP contribution >= 0.6 is 15.9 Å². The second-order valence-electron chi connectivity index (χ2n) is 7.80. The summed E-state index contributed by atoms with van der Waals surface area (Å²) in [6, 6.07) is 21.6. The van der Waals surface area contributed by atoms with E-state index in [1.54, 1.807) is 0 Å². The van der Waals surface area contributed by atoms with Gasteiger partial charge in [0.2, 0.25) is 0 Å². The quantitative estimate of drug-likeness (QED) is 0.351. The summed E-state index contributed by atoms with van der Waals surface area (Å²) in [5.74, 6) is 0.422. The predicted molar refractivity (Wildman–Crippen MR) is 116 cm³/mol. The molecular weight excluding hydrogens is 414 g/mol. The lowest BCUT2D eigenvalue weighted by molar-refractivity contribution is -0.0381. The molecule has 0 bridgehead atoms. The van der Waals surface area contributed by atoms with Crippen molar-refractivity contribution in [3.63, 3.8) is 0 Å². The standard InChI is InChI=1S/C24H20BrNO2/c25-15-8-9-20-19(13-15)24-17(5-3-11-27-24)23(26-20)14-7-10-22-18(12-14)16-4-1-2-6-21(16)28-22/h1-2,4,6-10,12-13,17,23-24,26H,3,5,11H2/t17-,23-,24-/m1/s1. The molecule has 1 N–H and O–H groups in total. The van der Waals surface area contributed by atoms with E-state index in [9.17, 15) is 0 Å². The maximum Gasteiger partial charge on any atom is 0.135 e. The largest absolute Gasteiger partial charge is 0.456 e. The van der Waals surface area contributed by atoms with Crippen LogP contribution in [0.25, 0.3) is 21.9 Å². The molecule has 0 amide bonds. The molecule has 1 fully saturated rings. The zero-order chi connectivity index (χ0) is 18.7.